The van der Waals surface area contributed by atoms with Crippen LogP contribution in [-0.4, -0.2) is 5.97 Å². The monoisotopic (exact) mass is 357 g/mol. The summed E-state index contributed by atoms with van der Waals surface area (Å²) in [5, 5.41) is 0.351. The number of hydrogen-bond donors (Lipinski definition) is 1. The van der Waals surface area contributed by atoms with Crippen molar-refractivity contribution in [2.75, 3.05) is 5.73 Å². The topological polar surface area (TPSA) is 52.3 Å². The molecule has 0 spiro atoms. The highest BCUT2D eigenvalue weighted by Crippen LogP contribution is 2.21. The van der Waals surface area contributed by atoms with Crippen LogP contribution in [0.4, 0.5) is 10.1 Å². The van der Waals surface area contributed by atoms with E-state index in [0.717, 1.165) is 0 Å². The van der Waals surface area contributed by atoms with Crippen molar-refractivity contribution in [1.29, 1.82) is 0 Å². The van der Waals surface area contributed by atoms with Crippen LogP contribution in [0.1, 0.15) is 15.9 Å². The summed E-state index contributed by atoms with van der Waals surface area (Å²) in [6.45, 7) is -0.0520. The van der Waals surface area contributed by atoms with E-state index in [-0.39, 0.29) is 12.2 Å². The average Bonchev–Trinajstić information content (AvgIpc) is 2.38. The molecule has 3 nitrogen and oxygen atoms in total. The predicted octanol–water partition coefficient (Wildman–Crippen LogP) is 4.18. The fourth-order valence-corrected chi connectivity index (χ4v) is 2.22. The maximum absolute atomic E-state index is 13.1. The summed E-state index contributed by atoms with van der Waals surface area (Å²) in [5.41, 5.74) is 6.76. The Bertz CT molecular complexity index is 643. The van der Waals surface area contributed by atoms with Crippen LogP contribution in [0.2, 0.25) is 5.02 Å². The van der Waals surface area contributed by atoms with E-state index >= 15 is 0 Å². The number of rotatable bonds is 3. The SMILES string of the molecule is Nc1cc(Cl)cc(C(=O)OCc2cc(F)ccc2Br)c1. The first-order valence-corrected chi connectivity index (χ1v) is 6.80. The van der Waals surface area contributed by atoms with Gasteiger partial charge in [0.15, 0.2) is 0 Å². The number of ether oxygens (including phenoxy) is 1. The van der Waals surface area contributed by atoms with Gasteiger partial charge in [-0.25, -0.2) is 9.18 Å². The van der Waals surface area contributed by atoms with E-state index < -0.39 is 11.8 Å². The van der Waals surface area contributed by atoms with Gasteiger partial charge >= 0.3 is 5.97 Å². The molecule has 0 amide bonds. The molecule has 104 valence electrons. The number of halogens is 3. The molecule has 0 bridgehead atoms. The highest BCUT2D eigenvalue weighted by atomic mass is 79.9. The number of anilines is 1. The van der Waals surface area contributed by atoms with Crippen molar-refractivity contribution in [3.63, 3.8) is 0 Å². The van der Waals surface area contributed by atoms with Crippen molar-refractivity contribution in [3.05, 3.63) is 62.8 Å². The van der Waals surface area contributed by atoms with Gasteiger partial charge in [0, 0.05) is 20.7 Å². The molecule has 20 heavy (non-hydrogen) atoms. The van der Waals surface area contributed by atoms with Gasteiger partial charge in [-0.15, -0.1) is 0 Å². The number of hydrogen-bond acceptors (Lipinski definition) is 3. The molecule has 0 aliphatic carbocycles. The molecule has 0 aliphatic rings. The standard InChI is InChI=1S/C14H10BrClFNO2/c15-13-2-1-11(17)4-9(13)7-20-14(19)8-3-10(16)6-12(18)5-8/h1-6H,7,18H2. The Morgan fingerprint density at radius 2 is 2.05 bits per heavy atom. The fraction of sp³-hybridized carbons (Fsp3) is 0.0714. The molecular weight excluding hydrogens is 349 g/mol. The molecule has 0 saturated carbocycles. The second kappa shape index (κ2) is 6.24. The highest BCUT2D eigenvalue weighted by Gasteiger charge is 2.11. The molecule has 0 atom stereocenters. The number of esters is 1. The Balaban J connectivity index is 2.10. The smallest absolute Gasteiger partial charge is 0.338 e. The molecule has 2 aromatic carbocycles. The molecule has 0 aromatic heterocycles. The zero-order chi connectivity index (χ0) is 14.7. The summed E-state index contributed by atoms with van der Waals surface area (Å²) < 4.78 is 18.9. The van der Waals surface area contributed by atoms with Crippen molar-refractivity contribution in [3.8, 4) is 0 Å². The molecule has 2 aromatic rings. The summed E-state index contributed by atoms with van der Waals surface area (Å²) in [6, 6.07) is 8.61. The normalized spacial score (nSPS) is 10.3. The molecule has 0 fully saturated rings. The quantitative estimate of drug-likeness (QED) is 0.661. The second-order valence-electron chi connectivity index (χ2n) is 4.09. The number of carbonyl (C=O) groups excluding carboxylic acids is 1. The van der Waals surface area contributed by atoms with Crippen LogP contribution in [0.3, 0.4) is 0 Å². The van der Waals surface area contributed by atoms with E-state index in [2.05, 4.69) is 15.9 Å². The number of benzene rings is 2. The van der Waals surface area contributed by atoms with Crippen molar-refractivity contribution < 1.29 is 13.9 Å². The Labute approximate surface area is 128 Å². The lowest BCUT2D eigenvalue weighted by Crippen LogP contribution is -2.06. The van der Waals surface area contributed by atoms with Crippen LogP contribution < -0.4 is 5.73 Å². The molecular formula is C14H10BrClFNO2. The highest BCUT2D eigenvalue weighted by molar-refractivity contribution is 9.10. The second-order valence-corrected chi connectivity index (χ2v) is 5.38. The largest absolute Gasteiger partial charge is 0.457 e. The van der Waals surface area contributed by atoms with Crippen molar-refractivity contribution >= 4 is 39.2 Å². The van der Waals surface area contributed by atoms with Gasteiger partial charge in [0.25, 0.3) is 0 Å². The van der Waals surface area contributed by atoms with E-state index in [4.69, 9.17) is 22.1 Å². The van der Waals surface area contributed by atoms with Gasteiger partial charge in [-0.2, -0.15) is 0 Å². The summed E-state index contributed by atoms with van der Waals surface area (Å²) in [7, 11) is 0. The molecule has 0 unspecified atom stereocenters. The Morgan fingerprint density at radius 1 is 1.30 bits per heavy atom. The van der Waals surface area contributed by atoms with Gasteiger partial charge in [0.1, 0.15) is 12.4 Å². The lowest BCUT2D eigenvalue weighted by atomic mass is 10.2. The first-order valence-electron chi connectivity index (χ1n) is 5.63. The molecule has 6 heteroatoms. The summed E-state index contributed by atoms with van der Waals surface area (Å²) in [4.78, 5) is 11.9. The summed E-state index contributed by atoms with van der Waals surface area (Å²) in [5.74, 6) is -0.971. The number of nitrogen functional groups attached to an aromatic ring is 1. The lowest BCUT2D eigenvalue weighted by molar-refractivity contribution is 0.0471. The Morgan fingerprint density at radius 3 is 2.75 bits per heavy atom. The molecule has 2 N–H and O–H groups in total. The maximum atomic E-state index is 13.1. The predicted molar refractivity (Wildman–Crippen MR) is 79.1 cm³/mol. The zero-order valence-corrected chi connectivity index (χ0v) is 12.5. The molecule has 0 radical (unpaired) electrons. The first-order chi connectivity index (χ1) is 9.45. The third-order valence-corrected chi connectivity index (χ3v) is 3.51. The first kappa shape index (κ1) is 14.8. The van der Waals surface area contributed by atoms with E-state index in [1.807, 2.05) is 0 Å². The minimum Gasteiger partial charge on any atom is -0.457 e. The van der Waals surface area contributed by atoms with Crippen LogP contribution in [0.5, 0.6) is 0 Å². The number of carbonyl (C=O) groups is 1. The molecule has 0 saturated heterocycles. The van der Waals surface area contributed by atoms with Gasteiger partial charge in [-0.05, 0) is 36.4 Å². The lowest BCUT2D eigenvalue weighted by Gasteiger charge is -2.08. The molecule has 0 heterocycles. The van der Waals surface area contributed by atoms with E-state index in [9.17, 15) is 9.18 Å². The molecule has 2 rings (SSSR count). The van der Waals surface area contributed by atoms with Gasteiger partial charge in [0.05, 0.1) is 5.56 Å². The van der Waals surface area contributed by atoms with Crippen LogP contribution in [0, 0.1) is 5.82 Å². The van der Waals surface area contributed by atoms with Gasteiger partial charge in [-0.1, -0.05) is 27.5 Å². The van der Waals surface area contributed by atoms with Crippen molar-refractivity contribution in [1.82, 2.24) is 0 Å². The van der Waals surface area contributed by atoms with Crippen molar-refractivity contribution in [2.24, 2.45) is 0 Å². The van der Waals surface area contributed by atoms with Crippen LogP contribution in [0.25, 0.3) is 0 Å². The van der Waals surface area contributed by atoms with Crippen LogP contribution >= 0.6 is 27.5 Å². The average molecular weight is 359 g/mol. The Hall–Kier alpha value is -1.59. The van der Waals surface area contributed by atoms with Gasteiger partial charge < -0.3 is 10.5 Å². The van der Waals surface area contributed by atoms with E-state index in [0.29, 0.717) is 20.7 Å². The third kappa shape index (κ3) is 3.71. The van der Waals surface area contributed by atoms with Crippen LogP contribution in [-0.2, 0) is 11.3 Å². The van der Waals surface area contributed by atoms with Crippen molar-refractivity contribution in [2.45, 2.75) is 6.61 Å². The van der Waals surface area contributed by atoms with Gasteiger partial charge in [-0.3, -0.25) is 0 Å². The summed E-state index contributed by atoms with van der Waals surface area (Å²) >= 11 is 9.07. The van der Waals surface area contributed by atoms with E-state index in [1.165, 1.54) is 30.3 Å². The van der Waals surface area contributed by atoms with Gasteiger partial charge in [0.2, 0.25) is 0 Å². The summed E-state index contributed by atoms with van der Waals surface area (Å²) in [6.07, 6.45) is 0. The Kier molecular flexibility index (Phi) is 4.62. The zero-order valence-electron chi connectivity index (χ0n) is 10.2. The fourth-order valence-electron chi connectivity index (χ4n) is 1.61. The minimum absolute atomic E-state index is 0.0520. The third-order valence-electron chi connectivity index (χ3n) is 2.52. The molecule has 0 aliphatic heterocycles. The number of nitrogens with two attached hydrogens (primary N) is 1. The maximum Gasteiger partial charge on any atom is 0.338 e. The van der Waals surface area contributed by atoms with Crippen LogP contribution in [0.15, 0.2) is 40.9 Å². The van der Waals surface area contributed by atoms with E-state index in [1.54, 1.807) is 6.07 Å². The minimum atomic E-state index is -0.574.